The van der Waals surface area contributed by atoms with Crippen LogP contribution in [-0.2, 0) is 11.2 Å². The van der Waals surface area contributed by atoms with Crippen molar-refractivity contribution in [3.63, 3.8) is 0 Å². The lowest BCUT2D eigenvalue weighted by Gasteiger charge is -2.23. The lowest BCUT2D eigenvalue weighted by molar-refractivity contribution is -0.115. The number of nitrogens with zero attached hydrogens (tertiary/aromatic N) is 1. The molecule has 0 bridgehead atoms. The van der Waals surface area contributed by atoms with Crippen molar-refractivity contribution in [3.05, 3.63) is 114 Å². The Labute approximate surface area is 226 Å². The molecule has 0 aliphatic heterocycles. The van der Waals surface area contributed by atoms with Crippen molar-refractivity contribution in [2.45, 2.75) is 71.1 Å². The predicted molar refractivity (Wildman–Crippen MR) is 161 cm³/mol. The first-order valence-electron chi connectivity index (χ1n) is 13.9. The highest BCUT2D eigenvalue weighted by molar-refractivity contribution is 6.04. The van der Waals surface area contributed by atoms with E-state index in [-0.39, 0.29) is 14.6 Å². The highest BCUT2D eigenvalue weighted by atomic mass is 16.1. The molecule has 0 radical (unpaired) electrons. The van der Waals surface area contributed by atoms with Crippen molar-refractivity contribution >= 4 is 17.4 Å². The topological polar surface area (TPSA) is 30.0 Å². The van der Waals surface area contributed by atoms with E-state index in [0.29, 0.717) is 5.92 Å². The molecule has 1 saturated carbocycles. The molecule has 0 N–H and O–H groups in total. The maximum atomic E-state index is 11.5. The maximum absolute atomic E-state index is 11.5. The zero-order valence-corrected chi connectivity index (χ0v) is 22.7. The van der Waals surface area contributed by atoms with Crippen molar-refractivity contribution in [2.75, 3.05) is 0 Å². The number of allylic oxidation sites excluding steroid dienone is 2. The molecule has 37 heavy (non-hydrogen) atoms. The van der Waals surface area contributed by atoms with Gasteiger partial charge in [-0.1, -0.05) is 93.9 Å². The van der Waals surface area contributed by atoms with Gasteiger partial charge in [-0.3, -0.25) is 9.78 Å². The van der Waals surface area contributed by atoms with Gasteiger partial charge in [0.15, 0.2) is 5.78 Å². The third kappa shape index (κ3) is 6.95. The van der Waals surface area contributed by atoms with Crippen LogP contribution in [0.5, 0.6) is 0 Å². The van der Waals surface area contributed by atoms with Crippen molar-refractivity contribution in [3.8, 4) is 0 Å². The van der Waals surface area contributed by atoms with Crippen molar-refractivity contribution < 1.29 is 7.65 Å². The van der Waals surface area contributed by atoms with E-state index in [1.807, 2.05) is 50.4 Å². The second kappa shape index (κ2) is 12.8. The van der Waals surface area contributed by atoms with Gasteiger partial charge in [0.1, 0.15) is 0 Å². The molecule has 4 unspecified atom stereocenters. The molecule has 196 valence electrons. The van der Waals surface area contributed by atoms with Crippen LogP contribution in [0.25, 0.3) is 11.6 Å². The van der Waals surface area contributed by atoms with Gasteiger partial charge in [0.2, 0.25) is 0 Å². The van der Waals surface area contributed by atoms with Gasteiger partial charge < -0.3 is 0 Å². The fourth-order valence-electron chi connectivity index (χ4n) is 5.97. The molecule has 2 aromatic carbocycles. The van der Waals surface area contributed by atoms with E-state index in [9.17, 15) is 4.79 Å². The zero-order chi connectivity index (χ0) is 26.2. The maximum Gasteiger partial charge on any atom is 0.163 e. The molecule has 2 nitrogen and oxygen atoms in total. The minimum absolute atomic E-state index is 0. The van der Waals surface area contributed by atoms with E-state index >= 15 is 0 Å². The first kappa shape index (κ1) is 26.8. The summed E-state index contributed by atoms with van der Waals surface area (Å²) in [6.07, 6.45) is 13.5. The number of carbonyl (C=O) groups excluding carboxylic acids is 1. The second-order valence-electron chi connectivity index (χ2n) is 10.9. The van der Waals surface area contributed by atoms with E-state index in [0.717, 1.165) is 29.4 Å². The van der Waals surface area contributed by atoms with E-state index in [1.165, 1.54) is 54.5 Å². The van der Waals surface area contributed by atoms with Gasteiger partial charge in [0.25, 0.3) is 0 Å². The molecule has 0 spiro atoms. The highest BCUT2D eigenvalue weighted by Crippen LogP contribution is 2.37. The number of rotatable bonds is 5. The summed E-state index contributed by atoms with van der Waals surface area (Å²) in [6, 6.07) is 23.3. The second-order valence-corrected chi connectivity index (χ2v) is 10.9. The third-order valence-corrected chi connectivity index (χ3v) is 8.37. The highest BCUT2D eigenvalue weighted by Gasteiger charge is 2.24. The molecule has 1 fully saturated rings. The molecule has 2 aliphatic carbocycles. The Morgan fingerprint density at radius 2 is 1.84 bits per heavy atom. The number of pyridine rings is 1. The van der Waals surface area contributed by atoms with Gasteiger partial charge in [0, 0.05) is 20.7 Å². The molecular weight excluding hydrogens is 450 g/mol. The summed E-state index contributed by atoms with van der Waals surface area (Å²) >= 11 is 0. The van der Waals surface area contributed by atoms with E-state index in [4.69, 9.17) is 0 Å². The van der Waals surface area contributed by atoms with Gasteiger partial charge in [-0.2, -0.15) is 0 Å². The Morgan fingerprint density at radius 1 is 1.03 bits per heavy atom. The number of benzene rings is 2. The molecule has 0 saturated heterocycles. The number of aromatic nitrogens is 1. The number of carbonyl (C=O) groups is 1. The molecule has 4 atom stereocenters. The zero-order valence-electron chi connectivity index (χ0n) is 22.7. The molecule has 1 heterocycles. The summed E-state index contributed by atoms with van der Waals surface area (Å²) in [5.74, 6) is 2.49. The largest absolute Gasteiger partial charge is 0.294 e. The fourth-order valence-corrected chi connectivity index (χ4v) is 5.97. The first-order chi connectivity index (χ1) is 18.0. The number of hydrogen-bond donors (Lipinski definition) is 0. The average molecular weight is 496 g/mol. The average Bonchev–Trinajstić information content (AvgIpc) is 3.18. The molecule has 3 aromatic rings. The first-order valence-corrected chi connectivity index (χ1v) is 13.9. The Bertz CT molecular complexity index is 1240. The van der Waals surface area contributed by atoms with Crippen LogP contribution in [0.4, 0.5) is 0 Å². The smallest absolute Gasteiger partial charge is 0.163 e. The quantitative estimate of drug-likeness (QED) is 0.330. The van der Waals surface area contributed by atoms with Gasteiger partial charge in [-0.05, 0) is 96.4 Å². The minimum Gasteiger partial charge on any atom is -0.294 e. The van der Waals surface area contributed by atoms with E-state index < -0.39 is 0 Å². The monoisotopic (exact) mass is 495 g/mol. The van der Waals surface area contributed by atoms with Crippen LogP contribution in [0.1, 0.15) is 95.5 Å². The fraction of sp³-hybridized carbons (Fsp3) is 0.371. The van der Waals surface area contributed by atoms with Crippen LogP contribution >= 0.6 is 0 Å². The summed E-state index contributed by atoms with van der Waals surface area (Å²) < 4.78 is 0. The predicted octanol–water partition coefficient (Wildman–Crippen LogP) is 9.54. The van der Waals surface area contributed by atoms with Crippen LogP contribution in [0.2, 0.25) is 0 Å². The summed E-state index contributed by atoms with van der Waals surface area (Å²) in [4.78, 5) is 16.0. The molecule has 2 aliphatic rings. The molecular formula is C35H45NO. The minimum atomic E-state index is 0. The molecule has 1 aromatic heterocycles. The molecule has 0 amide bonds. The van der Waals surface area contributed by atoms with Crippen molar-refractivity contribution in [1.29, 1.82) is 0 Å². The van der Waals surface area contributed by atoms with Crippen LogP contribution in [0.3, 0.4) is 0 Å². The molecule has 2 heteroatoms. The SMILES string of the molecule is C=Cc1cccc(C(C)C2CCCC(Cc3ccccn3)CC2)c1.CC1=CC(=O)C(C)c2ccccc21.[HH].[HH]. The van der Waals surface area contributed by atoms with Gasteiger partial charge in [-0.15, -0.1) is 0 Å². The van der Waals surface area contributed by atoms with E-state index in [2.05, 4.69) is 61.0 Å². The van der Waals surface area contributed by atoms with Crippen molar-refractivity contribution in [2.24, 2.45) is 11.8 Å². The number of ketones is 1. The standard InChI is InChI=1S/C23H29N.C12H12O.2H2/c1-3-19-8-6-11-22(16-19)18(2)21-10-7-9-20(13-14-21)17-23-12-4-5-15-24-23;1-8-7-12(13)9(2)11-6-4-3-5-10(8)11;;/h3-6,8,11-12,15-16,18,20-21H,1,7,9-10,13-14,17H2,2H3;3-7,9H,1-2H3;2*1H. The van der Waals surface area contributed by atoms with Gasteiger partial charge in [-0.25, -0.2) is 0 Å². The normalized spacial score (nSPS) is 22.0. The number of fused-ring (bicyclic) bond motifs is 1. The van der Waals surface area contributed by atoms with Crippen molar-refractivity contribution in [1.82, 2.24) is 4.98 Å². The Balaban J connectivity index is 0.000000303. The van der Waals surface area contributed by atoms with Crippen LogP contribution in [0.15, 0.2) is 85.6 Å². The summed E-state index contributed by atoms with van der Waals surface area (Å²) in [7, 11) is 0. The molecule has 5 rings (SSSR count). The Hall–Kier alpha value is -3.26. The number of hydrogen-bond acceptors (Lipinski definition) is 2. The Morgan fingerprint density at radius 3 is 2.62 bits per heavy atom. The van der Waals surface area contributed by atoms with Crippen LogP contribution < -0.4 is 0 Å². The summed E-state index contributed by atoms with van der Waals surface area (Å²) in [6.45, 7) is 10.3. The van der Waals surface area contributed by atoms with E-state index in [1.54, 1.807) is 6.08 Å². The summed E-state index contributed by atoms with van der Waals surface area (Å²) in [5, 5.41) is 0. The third-order valence-electron chi connectivity index (χ3n) is 8.37. The summed E-state index contributed by atoms with van der Waals surface area (Å²) in [5.41, 5.74) is 7.43. The lowest BCUT2D eigenvalue weighted by Crippen LogP contribution is -2.13. The van der Waals surface area contributed by atoms with Crippen LogP contribution in [-0.4, -0.2) is 10.8 Å². The lowest BCUT2D eigenvalue weighted by atomic mass is 9.82. The Kier molecular flexibility index (Phi) is 9.28. The van der Waals surface area contributed by atoms with Crippen LogP contribution in [0, 0.1) is 11.8 Å². The van der Waals surface area contributed by atoms with Gasteiger partial charge in [0.05, 0.1) is 0 Å². The van der Waals surface area contributed by atoms with Gasteiger partial charge >= 0.3 is 0 Å².